The number of carboxylic acids is 1. The van der Waals surface area contributed by atoms with Gasteiger partial charge in [-0.1, -0.05) is 33.0 Å². The Morgan fingerprint density at radius 1 is 1.53 bits per heavy atom. The Bertz CT molecular complexity index is 412. The van der Waals surface area contributed by atoms with Crippen molar-refractivity contribution in [2.24, 2.45) is 0 Å². The average molecular weight is 284 g/mol. The monoisotopic (exact) mass is 284 g/mol. The van der Waals surface area contributed by atoms with E-state index in [0.29, 0.717) is 18.2 Å². The van der Waals surface area contributed by atoms with Crippen LogP contribution in [0.1, 0.15) is 25.5 Å². The number of aromatic nitrogens is 2. The van der Waals surface area contributed by atoms with Crippen molar-refractivity contribution in [3.8, 4) is 0 Å². The predicted octanol–water partition coefficient (Wildman–Crippen LogP) is 2.53. The molecule has 6 heteroatoms. The van der Waals surface area contributed by atoms with Gasteiger partial charge in [0, 0.05) is 6.20 Å². The number of aliphatic carboxylic acids is 1. The molecule has 0 spiro atoms. The van der Waals surface area contributed by atoms with Gasteiger partial charge in [0.25, 0.3) is 0 Å². The van der Waals surface area contributed by atoms with Gasteiger partial charge in [0.15, 0.2) is 0 Å². The van der Waals surface area contributed by atoms with E-state index in [0.717, 1.165) is 12.8 Å². The van der Waals surface area contributed by atoms with Crippen LogP contribution in [0, 0.1) is 0 Å². The minimum atomic E-state index is -1.34. The van der Waals surface area contributed by atoms with Gasteiger partial charge < -0.3 is 9.84 Å². The molecule has 0 aliphatic rings. The first-order valence-corrected chi connectivity index (χ1v) is 10.3. The summed E-state index contributed by atoms with van der Waals surface area (Å²) in [6.45, 7) is 9.45. The maximum Gasteiger partial charge on any atom is 0.309 e. The Labute approximate surface area is 115 Å². The molecule has 19 heavy (non-hydrogen) atoms. The third-order valence-electron chi connectivity index (χ3n) is 2.95. The van der Waals surface area contributed by atoms with Crippen LogP contribution in [0.3, 0.4) is 0 Å². The molecule has 0 aliphatic carbocycles. The second-order valence-electron chi connectivity index (χ2n) is 5.86. The lowest BCUT2D eigenvalue weighted by Gasteiger charge is -2.28. The van der Waals surface area contributed by atoms with E-state index in [-0.39, 0.29) is 6.42 Å². The smallest absolute Gasteiger partial charge is 0.309 e. The van der Waals surface area contributed by atoms with Crippen LogP contribution in [0.15, 0.2) is 12.3 Å². The van der Waals surface area contributed by atoms with Gasteiger partial charge in [-0.05, 0) is 12.5 Å². The SMILES string of the molecule is CCCC(OCn1ccc(CC(=O)O)n1)[Si](C)(C)C. The zero-order chi connectivity index (χ0) is 14.5. The maximum absolute atomic E-state index is 10.6. The first-order chi connectivity index (χ1) is 8.82. The molecule has 5 nitrogen and oxygen atoms in total. The van der Waals surface area contributed by atoms with Crippen LogP contribution in [0.4, 0.5) is 0 Å². The van der Waals surface area contributed by atoms with Gasteiger partial charge in [0.1, 0.15) is 6.73 Å². The Morgan fingerprint density at radius 2 is 2.21 bits per heavy atom. The summed E-state index contributed by atoms with van der Waals surface area (Å²) in [5, 5.41) is 12.9. The van der Waals surface area contributed by atoms with Crippen LogP contribution in [0.5, 0.6) is 0 Å². The summed E-state index contributed by atoms with van der Waals surface area (Å²) in [5.74, 6) is -0.864. The van der Waals surface area contributed by atoms with Crippen LogP contribution in [-0.2, 0) is 22.7 Å². The Hall–Kier alpha value is -1.14. The molecule has 1 atom stereocenters. The molecule has 1 rings (SSSR count). The maximum atomic E-state index is 10.6. The second-order valence-corrected chi connectivity index (χ2v) is 11.2. The number of rotatable bonds is 8. The van der Waals surface area contributed by atoms with Crippen LogP contribution in [-0.4, -0.2) is 34.7 Å². The quantitative estimate of drug-likeness (QED) is 0.745. The van der Waals surface area contributed by atoms with Gasteiger partial charge in [-0.15, -0.1) is 0 Å². The Morgan fingerprint density at radius 3 is 2.74 bits per heavy atom. The number of hydrogen-bond donors (Lipinski definition) is 1. The zero-order valence-corrected chi connectivity index (χ0v) is 13.2. The summed E-state index contributed by atoms with van der Waals surface area (Å²) in [7, 11) is -1.34. The van der Waals surface area contributed by atoms with Crippen molar-refractivity contribution in [1.82, 2.24) is 9.78 Å². The summed E-state index contributed by atoms with van der Waals surface area (Å²) in [4.78, 5) is 10.6. The highest BCUT2D eigenvalue weighted by Gasteiger charge is 2.26. The van der Waals surface area contributed by atoms with Crippen molar-refractivity contribution >= 4 is 14.0 Å². The van der Waals surface area contributed by atoms with E-state index in [1.807, 2.05) is 0 Å². The highest BCUT2D eigenvalue weighted by Crippen LogP contribution is 2.17. The predicted molar refractivity (Wildman–Crippen MR) is 76.7 cm³/mol. The summed E-state index contributed by atoms with van der Waals surface area (Å²) in [6.07, 6.45) is 3.90. The summed E-state index contributed by atoms with van der Waals surface area (Å²) in [5.41, 5.74) is 0.876. The van der Waals surface area contributed by atoms with E-state index < -0.39 is 14.0 Å². The summed E-state index contributed by atoms with van der Waals surface area (Å²) < 4.78 is 7.63. The van der Waals surface area contributed by atoms with Crippen molar-refractivity contribution in [1.29, 1.82) is 0 Å². The van der Waals surface area contributed by atoms with Crippen LogP contribution < -0.4 is 0 Å². The average Bonchev–Trinajstić information content (AvgIpc) is 2.69. The minimum Gasteiger partial charge on any atom is -0.481 e. The second kappa shape index (κ2) is 6.86. The van der Waals surface area contributed by atoms with Gasteiger partial charge in [-0.3, -0.25) is 4.79 Å². The minimum absolute atomic E-state index is 0.0423. The van der Waals surface area contributed by atoms with Crippen molar-refractivity contribution in [2.45, 2.75) is 58.3 Å². The molecule has 1 aromatic heterocycles. The van der Waals surface area contributed by atoms with Crippen LogP contribution in [0.2, 0.25) is 19.6 Å². The Balaban J connectivity index is 2.54. The van der Waals surface area contributed by atoms with E-state index in [4.69, 9.17) is 9.84 Å². The van der Waals surface area contributed by atoms with Crippen molar-refractivity contribution < 1.29 is 14.6 Å². The van der Waals surface area contributed by atoms with Gasteiger partial charge >= 0.3 is 5.97 Å². The van der Waals surface area contributed by atoms with Crippen molar-refractivity contribution in [2.75, 3.05) is 0 Å². The van der Waals surface area contributed by atoms with E-state index in [1.165, 1.54) is 0 Å². The number of ether oxygens (including phenoxy) is 1. The molecular weight excluding hydrogens is 260 g/mol. The number of carboxylic acid groups (broad SMARTS) is 1. The molecule has 0 amide bonds. The van der Waals surface area contributed by atoms with E-state index >= 15 is 0 Å². The lowest BCUT2D eigenvalue weighted by atomic mass is 10.3. The number of hydrogen-bond acceptors (Lipinski definition) is 3. The largest absolute Gasteiger partial charge is 0.481 e. The molecule has 0 aromatic carbocycles. The lowest BCUT2D eigenvalue weighted by Crippen LogP contribution is -2.40. The van der Waals surface area contributed by atoms with Crippen molar-refractivity contribution in [3.63, 3.8) is 0 Å². The first kappa shape index (κ1) is 15.9. The molecule has 108 valence electrons. The van der Waals surface area contributed by atoms with Crippen LogP contribution >= 0.6 is 0 Å². The first-order valence-electron chi connectivity index (χ1n) is 6.68. The van der Waals surface area contributed by atoms with E-state index in [2.05, 4.69) is 31.7 Å². The molecule has 0 saturated carbocycles. The summed E-state index contributed by atoms with van der Waals surface area (Å²) >= 11 is 0. The molecule has 0 bridgehead atoms. The molecule has 0 fully saturated rings. The fourth-order valence-corrected chi connectivity index (χ4v) is 3.65. The van der Waals surface area contributed by atoms with E-state index in [9.17, 15) is 4.79 Å². The molecule has 0 radical (unpaired) electrons. The van der Waals surface area contributed by atoms with Gasteiger partial charge in [0.05, 0.1) is 25.9 Å². The van der Waals surface area contributed by atoms with E-state index in [1.54, 1.807) is 16.9 Å². The highest BCUT2D eigenvalue weighted by atomic mass is 28.3. The van der Waals surface area contributed by atoms with Gasteiger partial charge in [-0.25, -0.2) is 4.68 Å². The topological polar surface area (TPSA) is 64.3 Å². The third-order valence-corrected chi connectivity index (χ3v) is 5.34. The standard InChI is InChI=1S/C13H24N2O3Si/c1-5-6-13(19(2,3)4)18-10-15-8-7-11(14-15)9-12(16)17/h7-8,13H,5-6,9-10H2,1-4H3,(H,16,17). The third kappa shape index (κ3) is 5.57. The number of nitrogens with zero attached hydrogens (tertiary/aromatic N) is 2. The van der Waals surface area contributed by atoms with Gasteiger partial charge in [-0.2, -0.15) is 5.10 Å². The molecular formula is C13H24N2O3Si. The molecule has 0 saturated heterocycles. The fourth-order valence-electron chi connectivity index (χ4n) is 1.92. The Kier molecular flexibility index (Phi) is 5.75. The molecule has 0 aliphatic heterocycles. The molecule has 1 aromatic rings. The van der Waals surface area contributed by atoms with Crippen molar-refractivity contribution in [3.05, 3.63) is 18.0 Å². The molecule has 1 N–H and O–H groups in total. The van der Waals surface area contributed by atoms with Crippen LogP contribution in [0.25, 0.3) is 0 Å². The fraction of sp³-hybridized carbons (Fsp3) is 0.692. The molecule has 1 heterocycles. The zero-order valence-electron chi connectivity index (χ0n) is 12.2. The molecule has 1 unspecified atom stereocenters. The summed E-state index contributed by atoms with van der Waals surface area (Å²) in [6, 6.07) is 1.72. The highest BCUT2D eigenvalue weighted by molar-refractivity contribution is 6.77. The number of carbonyl (C=O) groups is 1. The van der Waals surface area contributed by atoms with Gasteiger partial charge in [0.2, 0.25) is 0 Å². The normalized spacial score (nSPS) is 13.5. The lowest BCUT2D eigenvalue weighted by molar-refractivity contribution is -0.136.